The number of carbonyl (C=O) groups is 1. The van der Waals surface area contributed by atoms with Crippen LogP contribution in [0, 0.1) is 10.1 Å². The molecule has 0 aromatic heterocycles. The van der Waals surface area contributed by atoms with E-state index in [4.69, 9.17) is 14.6 Å². The first kappa shape index (κ1) is 31.7. The molecule has 0 saturated heterocycles. The van der Waals surface area contributed by atoms with Gasteiger partial charge in [-0.3, -0.25) is 0 Å². The lowest BCUT2D eigenvalue weighted by molar-refractivity contribution is -0.768. The summed E-state index contributed by atoms with van der Waals surface area (Å²) in [6.07, 6.45) is 3.43. The SMILES string of the molecule is C=O.CCC.CCCC(CC)O[N+](=O)[O-].CO.COCc1ccccc1. The minimum absolute atomic E-state index is 0.208. The quantitative estimate of drug-likeness (QED) is 0.558. The van der Waals surface area contributed by atoms with Crippen LogP contribution in [-0.4, -0.2) is 37.3 Å². The van der Waals surface area contributed by atoms with Crippen LogP contribution in [0.3, 0.4) is 0 Å². The van der Waals surface area contributed by atoms with Crippen molar-refractivity contribution in [2.75, 3.05) is 14.2 Å². The molecule has 0 fully saturated rings. The van der Waals surface area contributed by atoms with Gasteiger partial charge in [0.1, 0.15) is 12.9 Å². The van der Waals surface area contributed by atoms with Gasteiger partial charge in [-0.25, -0.2) is 0 Å². The zero-order valence-corrected chi connectivity index (χ0v) is 17.1. The lowest BCUT2D eigenvalue weighted by Crippen LogP contribution is -2.15. The number of hydrogen-bond acceptors (Lipinski definition) is 6. The highest BCUT2D eigenvalue weighted by atomic mass is 17.0. The normalized spacial score (nSPS) is 9.19. The fourth-order valence-corrected chi connectivity index (χ4v) is 1.52. The van der Waals surface area contributed by atoms with Crippen LogP contribution in [-0.2, 0) is 21.0 Å². The number of benzene rings is 1. The minimum atomic E-state index is -0.718. The average molecular weight is 376 g/mol. The Labute approximate surface area is 158 Å². The Balaban J connectivity index is -0.000000139. The molecule has 154 valence electrons. The molecule has 0 heterocycles. The second-order valence-electron chi connectivity index (χ2n) is 4.77. The highest BCUT2D eigenvalue weighted by molar-refractivity contribution is 5.13. The van der Waals surface area contributed by atoms with Crippen LogP contribution in [0.4, 0.5) is 0 Å². The Morgan fingerprint density at radius 1 is 1.12 bits per heavy atom. The molecule has 7 heteroatoms. The van der Waals surface area contributed by atoms with Gasteiger partial charge in [-0.1, -0.05) is 70.9 Å². The van der Waals surface area contributed by atoms with Gasteiger partial charge >= 0.3 is 0 Å². The summed E-state index contributed by atoms with van der Waals surface area (Å²) in [6, 6.07) is 10.1. The molecule has 0 saturated carbocycles. The number of hydrogen-bond donors (Lipinski definition) is 1. The van der Waals surface area contributed by atoms with E-state index in [0.717, 1.165) is 20.0 Å². The average Bonchev–Trinajstić information content (AvgIpc) is 2.67. The molecule has 1 N–H and O–H groups in total. The topological polar surface area (TPSA) is 98.9 Å². The van der Waals surface area contributed by atoms with Gasteiger partial charge in [0.05, 0.1) is 6.61 Å². The Kier molecular flexibility index (Phi) is 37.7. The highest BCUT2D eigenvalue weighted by Crippen LogP contribution is 2.05. The van der Waals surface area contributed by atoms with E-state index in [1.807, 2.05) is 51.0 Å². The van der Waals surface area contributed by atoms with Crippen LogP contribution in [0.5, 0.6) is 0 Å². The Bertz CT molecular complexity index is 362. The molecule has 1 atom stereocenters. The summed E-state index contributed by atoms with van der Waals surface area (Å²) in [7, 11) is 2.70. The summed E-state index contributed by atoms with van der Waals surface area (Å²) in [4.78, 5) is 22.2. The summed E-state index contributed by atoms with van der Waals surface area (Å²) in [6.45, 7) is 10.8. The molecule has 1 unspecified atom stereocenters. The molecule has 7 nitrogen and oxygen atoms in total. The molecule has 0 spiro atoms. The number of nitrogens with zero attached hydrogens (tertiary/aromatic N) is 1. The van der Waals surface area contributed by atoms with Crippen molar-refractivity contribution in [1.82, 2.24) is 0 Å². The van der Waals surface area contributed by atoms with Crippen molar-refractivity contribution < 1.29 is 24.6 Å². The molecule has 26 heavy (non-hydrogen) atoms. The molecular formula is C19H37NO6. The van der Waals surface area contributed by atoms with Crippen LogP contribution in [0.2, 0.25) is 0 Å². The maximum absolute atomic E-state index is 9.83. The smallest absolute Gasteiger partial charge is 0.294 e. The second kappa shape index (κ2) is 30.8. The van der Waals surface area contributed by atoms with Crippen LogP contribution in [0.15, 0.2) is 30.3 Å². The van der Waals surface area contributed by atoms with Gasteiger partial charge in [-0.15, -0.1) is 10.1 Å². The fraction of sp³-hybridized carbons (Fsp3) is 0.632. The maximum Gasteiger partial charge on any atom is 0.294 e. The van der Waals surface area contributed by atoms with Gasteiger partial charge in [-0.05, 0) is 18.4 Å². The van der Waals surface area contributed by atoms with Gasteiger partial charge in [0.15, 0.2) is 0 Å². The monoisotopic (exact) mass is 375 g/mol. The number of rotatable bonds is 7. The van der Waals surface area contributed by atoms with Gasteiger partial charge in [0, 0.05) is 14.2 Å². The van der Waals surface area contributed by atoms with E-state index in [-0.39, 0.29) is 6.10 Å². The first-order chi connectivity index (χ1) is 12.5. The summed E-state index contributed by atoms with van der Waals surface area (Å²) >= 11 is 0. The van der Waals surface area contributed by atoms with E-state index in [1.165, 1.54) is 12.0 Å². The van der Waals surface area contributed by atoms with Gasteiger partial charge < -0.3 is 19.5 Å². The molecular weight excluding hydrogens is 338 g/mol. The summed E-state index contributed by atoms with van der Waals surface area (Å²) in [5.41, 5.74) is 1.22. The van der Waals surface area contributed by atoms with Crippen molar-refractivity contribution in [2.45, 2.75) is 66.1 Å². The van der Waals surface area contributed by atoms with Crippen molar-refractivity contribution >= 4 is 6.79 Å². The van der Waals surface area contributed by atoms with Crippen molar-refractivity contribution in [3.8, 4) is 0 Å². The summed E-state index contributed by atoms with van der Waals surface area (Å²) in [5, 5.41) is 16.1. The van der Waals surface area contributed by atoms with E-state index in [9.17, 15) is 10.1 Å². The molecule has 0 radical (unpaired) electrons. The molecule has 1 aromatic carbocycles. The molecule has 0 aliphatic rings. The number of methoxy groups -OCH3 is 1. The van der Waals surface area contributed by atoms with Crippen molar-refractivity contribution in [3.05, 3.63) is 46.0 Å². The van der Waals surface area contributed by atoms with E-state index in [0.29, 0.717) is 13.0 Å². The van der Waals surface area contributed by atoms with Crippen LogP contribution < -0.4 is 0 Å². The lowest BCUT2D eigenvalue weighted by atomic mass is 10.2. The van der Waals surface area contributed by atoms with Crippen molar-refractivity contribution in [2.24, 2.45) is 0 Å². The van der Waals surface area contributed by atoms with Gasteiger partial charge in [0.2, 0.25) is 0 Å². The van der Waals surface area contributed by atoms with Gasteiger partial charge in [0.25, 0.3) is 5.09 Å². The molecule has 1 aromatic rings. The van der Waals surface area contributed by atoms with Crippen LogP contribution in [0.25, 0.3) is 0 Å². The van der Waals surface area contributed by atoms with Gasteiger partial charge in [-0.2, -0.15) is 0 Å². The first-order valence-electron chi connectivity index (χ1n) is 8.63. The fourth-order valence-electron chi connectivity index (χ4n) is 1.52. The van der Waals surface area contributed by atoms with Crippen molar-refractivity contribution in [1.29, 1.82) is 0 Å². The maximum atomic E-state index is 9.83. The predicted octanol–water partition coefficient (Wildman–Crippen LogP) is 4.45. The Morgan fingerprint density at radius 3 is 1.88 bits per heavy atom. The molecule has 0 aliphatic heterocycles. The molecule has 0 bridgehead atoms. The number of aliphatic hydroxyl groups is 1. The largest absolute Gasteiger partial charge is 0.400 e. The van der Waals surface area contributed by atoms with E-state index in [1.54, 1.807) is 7.11 Å². The van der Waals surface area contributed by atoms with E-state index >= 15 is 0 Å². The van der Waals surface area contributed by atoms with Crippen molar-refractivity contribution in [3.63, 3.8) is 0 Å². The second-order valence-corrected chi connectivity index (χ2v) is 4.77. The Hall–Kier alpha value is -1.99. The standard InChI is InChI=1S/C8H10O.C6H13NO3.C3H8.CH4O.CH2O/c1-9-7-8-5-3-2-4-6-8;1-3-5-6(4-2)10-7(8)9;1-3-2;2*1-2/h2-6H,7H2,1H3;6H,3-5H2,1-2H3;3H2,1-2H3;2H,1H3;1H2. The zero-order valence-electron chi connectivity index (χ0n) is 17.1. The van der Waals surface area contributed by atoms with E-state index in [2.05, 4.69) is 18.7 Å². The van der Waals surface area contributed by atoms with Crippen LogP contribution >= 0.6 is 0 Å². The molecule has 0 aliphatic carbocycles. The third kappa shape index (κ3) is 30.0. The number of ether oxygens (including phenoxy) is 1. The zero-order chi connectivity index (χ0) is 21.2. The van der Waals surface area contributed by atoms with E-state index < -0.39 is 5.09 Å². The third-order valence-electron chi connectivity index (χ3n) is 2.45. The summed E-state index contributed by atoms with van der Waals surface area (Å²) < 4.78 is 4.93. The van der Waals surface area contributed by atoms with Crippen LogP contribution in [0.1, 0.15) is 58.9 Å². The minimum Gasteiger partial charge on any atom is -0.400 e. The number of aliphatic hydroxyl groups excluding tert-OH is 1. The number of carbonyl (C=O) groups excluding carboxylic acids is 1. The molecule has 1 rings (SSSR count). The predicted molar refractivity (Wildman–Crippen MR) is 105 cm³/mol. The first-order valence-corrected chi connectivity index (χ1v) is 8.63. The third-order valence-corrected chi connectivity index (χ3v) is 2.45. The Morgan fingerprint density at radius 2 is 1.58 bits per heavy atom. The lowest BCUT2D eigenvalue weighted by Gasteiger charge is -2.09. The highest BCUT2D eigenvalue weighted by Gasteiger charge is 2.08. The molecule has 0 amide bonds. The summed E-state index contributed by atoms with van der Waals surface area (Å²) in [5.74, 6) is 0.